The third-order valence-electron chi connectivity index (χ3n) is 2.42. The number of hydrogen-bond donors (Lipinski definition) is 2. The highest BCUT2D eigenvalue weighted by atomic mass is 32.2. The molecule has 0 saturated carbocycles. The minimum atomic E-state index is -3.54. The van der Waals surface area contributed by atoms with E-state index in [-0.39, 0.29) is 0 Å². The molecule has 92 valence electrons. The fraction of sp³-hybridized carbons (Fsp3) is 0.444. The summed E-state index contributed by atoms with van der Waals surface area (Å²) >= 11 is 1.21. The van der Waals surface area contributed by atoms with Crippen LogP contribution >= 0.6 is 11.3 Å². The molecule has 2 N–H and O–H groups in total. The van der Waals surface area contributed by atoms with Gasteiger partial charge in [0.15, 0.2) is 0 Å². The van der Waals surface area contributed by atoms with E-state index in [9.17, 15) is 8.42 Å². The summed E-state index contributed by atoms with van der Waals surface area (Å²) in [6.45, 7) is 2.19. The summed E-state index contributed by atoms with van der Waals surface area (Å²) < 4.78 is 27.8. The van der Waals surface area contributed by atoms with Crippen LogP contribution in [0.4, 0.5) is 5.00 Å². The highest BCUT2D eigenvalue weighted by Gasteiger charge is 2.24. The molecule has 1 aromatic heterocycles. The normalized spacial score (nSPS) is 17.6. The van der Waals surface area contributed by atoms with Crippen molar-refractivity contribution >= 4 is 26.5 Å². The first kappa shape index (κ1) is 12.3. The highest BCUT2D eigenvalue weighted by Crippen LogP contribution is 2.24. The number of anilines is 1. The Bertz CT molecular complexity index is 525. The molecule has 0 radical (unpaired) electrons. The Kier molecular flexibility index (Phi) is 3.63. The Balaban J connectivity index is 2.14. The van der Waals surface area contributed by atoms with Crippen LogP contribution in [-0.2, 0) is 10.2 Å². The number of nitriles is 1. The van der Waals surface area contributed by atoms with Gasteiger partial charge >= 0.3 is 10.2 Å². The van der Waals surface area contributed by atoms with Crippen LogP contribution in [0.3, 0.4) is 0 Å². The molecule has 6 nitrogen and oxygen atoms in total. The maximum atomic E-state index is 12.0. The number of rotatable bonds is 3. The Morgan fingerprint density at radius 2 is 2.18 bits per heavy atom. The van der Waals surface area contributed by atoms with Crippen LogP contribution in [-0.4, -0.2) is 38.9 Å². The molecule has 1 aliphatic heterocycles. The van der Waals surface area contributed by atoms with Gasteiger partial charge in [-0.2, -0.15) is 18.0 Å². The van der Waals surface area contributed by atoms with Crippen LogP contribution in [0.1, 0.15) is 5.56 Å². The smallest absolute Gasteiger partial charge is 0.302 e. The number of nitrogens with one attached hydrogen (secondary N) is 2. The molecule has 2 heterocycles. The second kappa shape index (κ2) is 5.01. The molecule has 1 aromatic rings. The van der Waals surface area contributed by atoms with Gasteiger partial charge in [-0.1, -0.05) is 0 Å². The first-order chi connectivity index (χ1) is 8.13. The molecule has 2 rings (SSSR count). The Morgan fingerprint density at radius 1 is 1.47 bits per heavy atom. The summed E-state index contributed by atoms with van der Waals surface area (Å²) in [6, 6.07) is 3.55. The first-order valence-corrected chi connectivity index (χ1v) is 7.41. The fourth-order valence-corrected chi connectivity index (χ4v) is 3.77. The van der Waals surface area contributed by atoms with Crippen molar-refractivity contribution in [2.75, 3.05) is 30.9 Å². The average molecular weight is 272 g/mol. The van der Waals surface area contributed by atoms with Crippen molar-refractivity contribution in [3.63, 3.8) is 0 Å². The molecule has 0 spiro atoms. The summed E-state index contributed by atoms with van der Waals surface area (Å²) in [7, 11) is -3.54. The number of thiophene rings is 1. The lowest BCUT2D eigenvalue weighted by Gasteiger charge is -2.26. The van der Waals surface area contributed by atoms with Crippen LogP contribution in [0, 0.1) is 11.3 Å². The van der Waals surface area contributed by atoms with Gasteiger partial charge in [-0.15, -0.1) is 11.3 Å². The molecule has 0 atom stereocenters. The van der Waals surface area contributed by atoms with Gasteiger partial charge in [0.05, 0.1) is 5.56 Å². The molecule has 0 aromatic carbocycles. The molecule has 17 heavy (non-hydrogen) atoms. The average Bonchev–Trinajstić information content (AvgIpc) is 2.77. The van der Waals surface area contributed by atoms with Gasteiger partial charge in [-0.3, -0.25) is 4.72 Å². The van der Waals surface area contributed by atoms with Crippen LogP contribution in [0.5, 0.6) is 0 Å². The maximum absolute atomic E-state index is 12.0. The van der Waals surface area contributed by atoms with Gasteiger partial charge in [0.2, 0.25) is 0 Å². The molecular weight excluding hydrogens is 260 g/mol. The monoisotopic (exact) mass is 272 g/mol. The highest BCUT2D eigenvalue weighted by molar-refractivity contribution is 7.90. The predicted octanol–water partition coefficient (Wildman–Crippen LogP) is 0.182. The van der Waals surface area contributed by atoms with Gasteiger partial charge < -0.3 is 5.32 Å². The fourth-order valence-electron chi connectivity index (χ4n) is 1.54. The van der Waals surface area contributed by atoms with E-state index in [2.05, 4.69) is 10.0 Å². The van der Waals surface area contributed by atoms with E-state index < -0.39 is 10.2 Å². The molecule has 1 saturated heterocycles. The quantitative estimate of drug-likeness (QED) is 0.822. The zero-order chi connectivity index (χ0) is 12.3. The van der Waals surface area contributed by atoms with Crippen molar-refractivity contribution < 1.29 is 8.42 Å². The zero-order valence-electron chi connectivity index (χ0n) is 9.01. The minimum Gasteiger partial charge on any atom is -0.314 e. The maximum Gasteiger partial charge on any atom is 0.302 e. The lowest BCUT2D eigenvalue weighted by molar-refractivity contribution is 0.362. The molecule has 8 heteroatoms. The zero-order valence-corrected chi connectivity index (χ0v) is 10.6. The van der Waals surface area contributed by atoms with Crippen molar-refractivity contribution in [2.24, 2.45) is 0 Å². The summed E-state index contributed by atoms with van der Waals surface area (Å²) in [5, 5.41) is 14.0. The van der Waals surface area contributed by atoms with Crippen molar-refractivity contribution in [3.05, 3.63) is 17.0 Å². The van der Waals surface area contributed by atoms with E-state index >= 15 is 0 Å². The lowest BCUT2D eigenvalue weighted by atomic mass is 10.4. The van der Waals surface area contributed by atoms with Crippen molar-refractivity contribution in [3.8, 4) is 6.07 Å². The van der Waals surface area contributed by atoms with Crippen LogP contribution < -0.4 is 10.0 Å². The third kappa shape index (κ3) is 2.76. The van der Waals surface area contributed by atoms with E-state index in [4.69, 9.17) is 5.26 Å². The molecule has 0 unspecified atom stereocenters. The van der Waals surface area contributed by atoms with Gasteiger partial charge in [0.25, 0.3) is 0 Å². The first-order valence-electron chi connectivity index (χ1n) is 5.10. The largest absolute Gasteiger partial charge is 0.314 e. The molecule has 0 bridgehead atoms. The Morgan fingerprint density at radius 3 is 2.82 bits per heavy atom. The number of hydrogen-bond acceptors (Lipinski definition) is 5. The molecule has 1 aliphatic rings. The second-order valence-corrected chi connectivity index (χ2v) is 6.12. The van der Waals surface area contributed by atoms with Gasteiger partial charge in [0, 0.05) is 26.2 Å². The van der Waals surface area contributed by atoms with Crippen LogP contribution in [0.15, 0.2) is 11.4 Å². The minimum absolute atomic E-state index is 0.355. The number of nitrogens with zero attached hydrogens (tertiary/aromatic N) is 2. The van der Waals surface area contributed by atoms with Crippen LogP contribution in [0.2, 0.25) is 0 Å². The Hall–Kier alpha value is -1.14. The van der Waals surface area contributed by atoms with Gasteiger partial charge in [-0.05, 0) is 11.4 Å². The molecule has 0 amide bonds. The molecular formula is C9H12N4O2S2. The second-order valence-electron chi connectivity index (χ2n) is 3.53. The van der Waals surface area contributed by atoms with Crippen molar-refractivity contribution in [2.45, 2.75) is 0 Å². The third-order valence-corrected chi connectivity index (χ3v) is 4.89. The summed E-state index contributed by atoms with van der Waals surface area (Å²) in [5.41, 5.74) is 0.355. The lowest BCUT2D eigenvalue weighted by Crippen LogP contribution is -2.48. The Labute approximate surface area is 104 Å². The number of piperazine rings is 1. The topological polar surface area (TPSA) is 85.2 Å². The van der Waals surface area contributed by atoms with Gasteiger partial charge in [0.1, 0.15) is 11.1 Å². The van der Waals surface area contributed by atoms with E-state index in [1.807, 2.05) is 6.07 Å². The predicted molar refractivity (Wildman–Crippen MR) is 66.0 cm³/mol. The summed E-state index contributed by atoms with van der Waals surface area (Å²) in [5.74, 6) is 0. The summed E-state index contributed by atoms with van der Waals surface area (Å²) in [4.78, 5) is 0. The standard InChI is InChI=1S/C9H12N4O2S2/c10-7-8-1-6-16-9(8)12-17(14,15)13-4-2-11-3-5-13/h1,6,11-12H,2-5H2. The van der Waals surface area contributed by atoms with E-state index in [1.165, 1.54) is 15.6 Å². The van der Waals surface area contributed by atoms with E-state index in [0.29, 0.717) is 36.7 Å². The SMILES string of the molecule is N#Cc1ccsc1NS(=O)(=O)N1CCNCC1. The molecule has 0 aliphatic carbocycles. The molecule has 1 fully saturated rings. The van der Waals surface area contributed by atoms with Crippen molar-refractivity contribution in [1.82, 2.24) is 9.62 Å². The van der Waals surface area contributed by atoms with Crippen LogP contribution in [0.25, 0.3) is 0 Å². The van der Waals surface area contributed by atoms with E-state index in [0.717, 1.165) is 0 Å². The van der Waals surface area contributed by atoms with E-state index in [1.54, 1.807) is 11.4 Å². The summed E-state index contributed by atoms with van der Waals surface area (Å²) in [6.07, 6.45) is 0. The van der Waals surface area contributed by atoms with Gasteiger partial charge in [-0.25, -0.2) is 0 Å². The van der Waals surface area contributed by atoms with Crippen molar-refractivity contribution in [1.29, 1.82) is 5.26 Å².